The van der Waals surface area contributed by atoms with Crippen molar-refractivity contribution in [3.8, 4) is 11.6 Å². The normalized spacial score (nSPS) is 14.2. The van der Waals surface area contributed by atoms with E-state index in [9.17, 15) is 0 Å². The summed E-state index contributed by atoms with van der Waals surface area (Å²) in [6.07, 6.45) is 2.59. The molecule has 3 rings (SSSR count). The van der Waals surface area contributed by atoms with Crippen LogP contribution in [0.5, 0.6) is 11.6 Å². The number of benzene rings is 1. The van der Waals surface area contributed by atoms with Gasteiger partial charge in [-0.3, -0.25) is 0 Å². The molecule has 0 amide bonds. The Kier molecular flexibility index (Phi) is 4.27. The van der Waals surface area contributed by atoms with Crippen molar-refractivity contribution >= 4 is 15.9 Å². The Morgan fingerprint density at radius 1 is 1.24 bits per heavy atom. The van der Waals surface area contributed by atoms with Crippen LogP contribution in [-0.2, 0) is 6.54 Å². The average Bonchev–Trinajstić information content (AvgIpc) is 3.23. The molecule has 0 radical (unpaired) electrons. The van der Waals surface area contributed by atoms with Crippen molar-refractivity contribution in [1.29, 1.82) is 0 Å². The van der Waals surface area contributed by atoms with Crippen LogP contribution in [0.25, 0.3) is 0 Å². The van der Waals surface area contributed by atoms with E-state index >= 15 is 0 Å². The van der Waals surface area contributed by atoms with Crippen LogP contribution in [0.1, 0.15) is 29.7 Å². The molecule has 1 saturated carbocycles. The molecule has 1 heterocycles. The second-order valence-corrected chi connectivity index (χ2v) is 6.54. The summed E-state index contributed by atoms with van der Waals surface area (Å²) in [5.41, 5.74) is 3.29. The first kappa shape index (κ1) is 14.5. The van der Waals surface area contributed by atoms with E-state index in [4.69, 9.17) is 4.74 Å². The predicted octanol–water partition coefficient (Wildman–Crippen LogP) is 4.51. The van der Waals surface area contributed by atoms with Crippen LogP contribution in [0.3, 0.4) is 0 Å². The smallest absolute Gasteiger partial charge is 0.219 e. The minimum atomic E-state index is 0.660. The number of aromatic nitrogens is 1. The van der Waals surface area contributed by atoms with Crippen LogP contribution in [0.15, 0.2) is 34.8 Å². The molecule has 4 heteroatoms. The number of hydrogen-bond donors (Lipinski definition) is 1. The summed E-state index contributed by atoms with van der Waals surface area (Å²) in [4.78, 5) is 4.47. The molecule has 110 valence electrons. The highest BCUT2D eigenvalue weighted by Crippen LogP contribution is 2.27. The van der Waals surface area contributed by atoms with E-state index in [1.54, 1.807) is 0 Å². The van der Waals surface area contributed by atoms with E-state index in [0.29, 0.717) is 11.9 Å². The molecule has 0 aliphatic heterocycles. The van der Waals surface area contributed by atoms with Crippen LogP contribution >= 0.6 is 15.9 Å². The van der Waals surface area contributed by atoms with E-state index in [1.807, 2.05) is 38.1 Å². The van der Waals surface area contributed by atoms with Crippen LogP contribution in [0.4, 0.5) is 0 Å². The first-order valence-electron chi connectivity index (χ1n) is 7.25. The monoisotopic (exact) mass is 346 g/mol. The maximum absolute atomic E-state index is 5.95. The first-order valence-corrected chi connectivity index (χ1v) is 8.04. The zero-order valence-corrected chi connectivity index (χ0v) is 13.9. The van der Waals surface area contributed by atoms with Gasteiger partial charge < -0.3 is 10.1 Å². The third-order valence-corrected chi connectivity index (χ3v) is 4.01. The molecular formula is C17H19BrN2O. The minimum Gasteiger partial charge on any atom is -0.439 e. The zero-order valence-electron chi connectivity index (χ0n) is 12.3. The number of ether oxygens (including phenoxy) is 1. The van der Waals surface area contributed by atoms with Gasteiger partial charge in [-0.15, -0.1) is 0 Å². The molecule has 1 aromatic carbocycles. The number of nitrogens with one attached hydrogen (secondary N) is 1. The summed E-state index contributed by atoms with van der Waals surface area (Å²) in [7, 11) is 0. The highest BCUT2D eigenvalue weighted by molar-refractivity contribution is 9.10. The molecule has 1 aliphatic rings. The van der Waals surface area contributed by atoms with Gasteiger partial charge >= 0.3 is 0 Å². The van der Waals surface area contributed by atoms with E-state index in [1.165, 1.54) is 18.4 Å². The lowest BCUT2D eigenvalue weighted by atomic mass is 10.2. The van der Waals surface area contributed by atoms with Gasteiger partial charge in [-0.1, -0.05) is 15.9 Å². The number of hydrogen-bond acceptors (Lipinski definition) is 3. The molecule has 1 aliphatic carbocycles. The van der Waals surface area contributed by atoms with E-state index < -0.39 is 0 Å². The van der Waals surface area contributed by atoms with Gasteiger partial charge in [-0.25, -0.2) is 4.98 Å². The summed E-state index contributed by atoms with van der Waals surface area (Å²) >= 11 is 3.47. The minimum absolute atomic E-state index is 0.660. The Labute approximate surface area is 133 Å². The topological polar surface area (TPSA) is 34.1 Å². The molecule has 3 nitrogen and oxygen atoms in total. The fourth-order valence-corrected chi connectivity index (χ4v) is 2.73. The maximum atomic E-state index is 5.95. The average molecular weight is 347 g/mol. The Balaban J connectivity index is 1.77. The van der Waals surface area contributed by atoms with Crippen molar-refractivity contribution in [2.24, 2.45) is 0 Å². The predicted molar refractivity (Wildman–Crippen MR) is 87.8 cm³/mol. The third kappa shape index (κ3) is 4.05. The number of halogens is 1. The maximum Gasteiger partial charge on any atom is 0.219 e. The second-order valence-electron chi connectivity index (χ2n) is 5.62. The van der Waals surface area contributed by atoms with Crippen molar-refractivity contribution in [3.63, 3.8) is 0 Å². The first-order chi connectivity index (χ1) is 10.1. The lowest BCUT2D eigenvalue weighted by Gasteiger charge is -2.11. The van der Waals surface area contributed by atoms with Gasteiger partial charge in [-0.2, -0.15) is 0 Å². The van der Waals surface area contributed by atoms with Crippen LogP contribution in [-0.4, -0.2) is 11.0 Å². The van der Waals surface area contributed by atoms with Crippen molar-refractivity contribution in [3.05, 3.63) is 51.6 Å². The van der Waals surface area contributed by atoms with Crippen LogP contribution in [0, 0.1) is 13.8 Å². The molecule has 0 unspecified atom stereocenters. The quantitative estimate of drug-likeness (QED) is 0.864. The summed E-state index contributed by atoms with van der Waals surface area (Å²) in [6.45, 7) is 4.91. The van der Waals surface area contributed by atoms with Gasteiger partial charge in [0.25, 0.3) is 0 Å². The van der Waals surface area contributed by atoms with Gasteiger partial charge in [0.1, 0.15) is 5.75 Å². The SMILES string of the molecule is Cc1cc(CNC2CC2)cc(Oc2ccc(Br)cc2C)n1. The summed E-state index contributed by atoms with van der Waals surface area (Å²) in [5, 5.41) is 3.52. The van der Waals surface area contributed by atoms with Gasteiger partial charge in [0.2, 0.25) is 5.88 Å². The zero-order chi connectivity index (χ0) is 14.8. The molecule has 1 fully saturated rings. The van der Waals surface area contributed by atoms with Gasteiger partial charge in [0.05, 0.1) is 0 Å². The molecule has 0 bridgehead atoms. The number of aryl methyl sites for hydroxylation is 2. The van der Waals surface area contributed by atoms with Crippen molar-refractivity contribution < 1.29 is 4.74 Å². The number of nitrogens with zero attached hydrogens (tertiary/aromatic N) is 1. The van der Waals surface area contributed by atoms with E-state index in [-0.39, 0.29) is 0 Å². The molecule has 0 atom stereocenters. The Bertz CT molecular complexity index is 653. The third-order valence-electron chi connectivity index (χ3n) is 3.51. The van der Waals surface area contributed by atoms with Gasteiger partial charge in [0, 0.05) is 28.8 Å². The van der Waals surface area contributed by atoms with Crippen LogP contribution in [0.2, 0.25) is 0 Å². The van der Waals surface area contributed by atoms with Crippen molar-refractivity contribution in [2.75, 3.05) is 0 Å². The van der Waals surface area contributed by atoms with E-state index in [0.717, 1.165) is 28.0 Å². The lowest BCUT2D eigenvalue weighted by Crippen LogP contribution is -2.15. The second kappa shape index (κ2) is 6.16. The molecule has 0 spiro atoms. The molecule has 0 saturated heterocycles. The standard InChI is InChI=1S/C17H19BrN2O/c1-11-7-14(18)3-6-16(11)21-17-9-13(8-12(2)20-17)10-19-15-4-5-15/h3,6-9,15,19H,4-5,10H2,1-2H3. The summed E-state index contributed by atoms with van der Waals surface area (Å²) in [5.74, 6) is 1.51. The highest BCUT2D eigenvalue weighted by Gasteiger charge is 2.20. The molecule has 1 N–H and O–H groups in total. The summed E-state index contributed by atoms with van der Waals surface area (Å²) < 4.78 is 7.00. The number of rotatable bonds is 5. The van der Waals surface area contributed by atoms with Gasteiger partial charge in [0.15, 0.2) is 0 Å². The Morgan fingerprint density at radius 3 is 2.76 bits per heavy atom. The molecule has 21 heavy (non-hydrogen) atoms. The fraction of sp³-hybridized carbons (Fsp3) is 0.353. The van der Waals surface area contributed by atoms with Crippen molar-refractivity contribution in [1.82, 2.24) is 10.3 Å². The van der Waals surface area contributed by atoms with E-state index in [2.05, 4.69) is 32.3 Å². The molecule has 1 aromatic heterocycles. The number of pyridine rings is 1. The Morgan fingerprint density at radius 2 is 2.05 bits per heavy atom. The summed E-state index contributed by atoms with van der Waals surface area (Å²) in [6, 6.07) is 10.8. The Hall–Kier alpha value is -1.39. The highest BCUT2D eigenvalue weighted by atomic mass is 79.9. The van der Waals surface area contributed by atoms with Crippen LogP contribution < -0.4 is 10.1 Å². The largest absolute Gasteiger partial charge is 0.439 e. The fourth-order valence-electron chi connectivity index (χ4n) is 2.25. The lowest BCUT2D eigenvalue weighted by molar-refractivity contribution is 0.457. The van der Waals surface area contributed by atoms with Crippen molar-refractivity contribution in [2.45, 2.75) is 39.3 Å². The van der Waals surface area contributed by atoms with Gasteiger partial charge in [-0.05, 0) is 62.1 Å². The molecular weight excluding hydrogens is 328 g/mol. The molecule has 2 aromatic rings.